The third-order valence-electron chi connectivity index (χ3n) is 3.13. The van der Waals surface area contributed by atoms with Gasteiger partial charge in [-0.2, -0.15) is 0 Å². The molecule has 0 amide bonds. The van der Waals surface area contributed by atoms with Crippen LogP contribution in [-0.2, 0) is 6.61 Å². The maximum atomic E-state index is 11.0. The predicted octanol–water partition coefficient (Wildman–Crippen LogP) is 2.82. The molecule has 0 spiro atoms. The lowest BCUT2D eigenvalue weighted by Crippen LogP contribution is -2.05. The van der Waals surface area contributed by atoms with Crippen molar-refractivity contribution in [2.75, 3.05) is 12.4 Å². The second kappa shape index (κ2) is 6.65. The Kier molecular flexibility index (Phi) is 4.66. The summed E-state index contributed by atoms with van der Waals surface area (Å²) < 4.78 is 5.69. The lowest BCUT2D eigenvalue weighted by molar-refractivity contribution is 0.111. The van der Waals surface area contributed by atoms with Crippen molar-refractivity contribution >= 4 is 18.2 Å². The van der Waals surface area contributed by atoms with E-state index >= 15 is 0 Å². The van der Waals surface area contributed by atoms with Crippen molar-refractivity contribution in [3.05, 3.63) is 52.8 Å². The fourth-order valence-electron chi connectivity index (χ4n) is 2.05. The number of benzene rings is 1. The second-order valence-corrected chi connectivity index (χ2v) is 4.52. The van der Waals surface area contributed by atoms with Crippen LogP contribution in [0, 0.1) is 12.3 Å². The van der Waals surface area contributed by atoms with E-state index in [0.29, 0.717) is 12.0 Å². The van der Waals surface area contributed by atoms with Gasteiger partial charge in [-0.1, -0.05) is 12.1 Å². The number of aromatic nitrogens is 1. The highest BCUT2D eigenvalue weighted by atomic mass is 16.5. The normalized spacial score (nSPS) is 10.0. The lowest BCUT2D eigenvalue weighted by Gasteiger charge is -2.13. The zero-order valence-corrected chi connectivity index (χ0v) is 12.0. The van der Waals surface area contributed by atoms with Crippen LogP contribution in [0.5, 0.6) is 5.75 Å². The lowest BCUT2D eigenvalue weighted by atomic mass is 10.1. The van der Waals surface area contributed by atoms with Gasteiger partial charge in [0.25, 0.3) is 0 Å². The second-order valence-electron chi connectivity index (χ2n) is 4.52. The van der Waals surface area contributed by atoms with E-state index in [9.17, 15) is 4.79 Å². The van der Waals surface area contributed by atoms with Gasteiger partial charge in [-0.15, -0.1) is 0 Å². The fraction of sp³-hybridized carbons (Fsp3) is 0.188. The zero-order valence-electron chi connectivity index (χ0n) is 12.0. The number of anilines is 1. The molecule has 0 fully saturated rings. The van der Waals surface area contributed by atoms with Crippen molar-refractivity contribution in [3.8, 4) is 5.75 Å². The summed E-state index contributed by atoms with van der Waals surface area (Å²) in [5.41, 5.74) is 3.56. The summed E-state index contributed by atoms with van der Waals surface area (Å²) in [6.45, 7) is 2.09. The molecule has 0 bridgehead atoms. The molecule has 0 unspecified atom stereocenters. The molecule has 5 heteroatoms. The molecule has 0 radical (unpaired) electrons. The average Bonchev–Trinajstić information content (AvgIpc) is 2.52. The summed E-state index contributed by atoms with van der Waals surface area (Å²) >= 11 is 0. The van der Waals surface area contributed by atoms with Crippen molar-refractivity contribution in [3.63, 3.8) is 0 Å². The predicted molar refractivity (Wildman–Crippen MR) is 82.6 cm³/mol. The quantitative estimate of drug-likeness (QED) is 0.631. The molecule has 1 aromatic heterocycles. The highest BCUT2D eigenvalue weighted by Gasteiger charge is 2.09. The number of hydrogen-bond donors (Lipinski definition) is 2. The van der Waals surface area contributed by atoms with E-state index in [0.717, 1.165) is 22.5 Å². The van der Waals surface area contributed by atoms with Crippen molar-refractivity contribution in [1.82, 2.24) is 4.98 Å². The summed E-state index contributed by atoms with van der Waals surface area (Å²) in [5.74, 6) is 0.446. The molecule has 1 aromatic carbocycles. The first kappa shape index (κ1) is 14.7. The van der Waals surface area contributed by atoms with Gasteiger partial charge in [0.1, 0.15) is 18.1 Å². The van der Waals surface area contributed by atoms with Crippen LogP contribution in [0.1, 0.15) is 27.3 Å². The largest absolute Gasteiger partial charge is 0.486 e. The Labute approximate surface area is 123 Å². The maximum Gasteiger partial charge on any atom is 0.172 e. The first-order valence-electron chi connectivity index (χ1n) is 6.55. The first-order chi connectivity index (χ1) is 10.2. The highest BCUT2D eigenvalue weighted by molar-refractivity contribution is 5.87. The van der Waals surface area contributed by atoms with E-state index in [1.165, 1.54) is 6.21 Å². The summed E-state index contributed by atoms with van der Waals surface area (Å²) in [4.78, 5) is 15.2. The molecule has 1 heterocycles. The summed E-state index contributed by atoms with van der Waals surface area (Å²) in [6.07, 6.45) is 1.97. The molecule has 5 nitrogen and oxygen atoms in total. The van der Waals surface area contributed by atoms with Gasteiger partial charge in [0.15, 0.2) is 6.29 Å². The van der Waals surface area contributed by atoms with Crippen LogP contribution < -0.4 is 10.1 Å². The van der Waals surface area contributed by atoms with Crippen molar-refractivity contribution in [1.29, 1.82) is 5.41 Å². The molecule has 21 heavy (non-hydrogen) atoms. The number of carbonyl (C=O) groups excluding carboxylic acids is 1. The Hall–Kier alpha value is -2.69. The Morgan fingerprint density at radius 1 is 1.33 bits per heavy atom. The number of aryl methyl sites for hydroxylation is 1. The number of ether oxygens (including phenoxy) is 1. The average molecular weight is 283 g/mol. The van der Waals surface area contributed by atoms with E-state index in [-0.39, 0.29) is 12.3 Å². The fourth-order valence-corrected chi connectivity index (χ4v) is 2.05. The molecule has 0 aliphatic rings. The van der Waals surface area contributed by atoms with Crippen molar-refractivity contribution < 1.29 is 9.53 Å². The van der Waals surface area contributed by atoms with Crippen LogP contribution in [-0.4, -0.2) is 24.5 Å². The van der Waals surface area contributed by atoms with E-state index in [2.05, 4.69) is 10.3 Å². The minimum atomic E-state index is 0.270. The number of carbonyl (C=O) groups is 1. The Bertz CT molecular complexity index is 669. The van der Waals surface area contributed by atoms with Gasteiger partial charge in [0, 0.05) is 35.8 Å². The number of nitrogens with zero attached hydrogens (tertiary/aromatic N) is 1. The summed E-state index contributed by atoms with van der Waals surface area (Å²) in [5, 5.41) is 10.6. The van der Waals surface area contributed by atoms with E-state index in [1.807, 2.05) is 25.1 Å². The van der Waals surface area contributed by atoms with Gasteiger partial charge in [0.2, 0.25) is 0 Å². The number of pyridine rings is 1. The van der Waals surface area contributed by atoms with E-state index in [4.69, 9.17) is 10.1 Å². The molecular weight excluding hydrogens is 266 g/mol. The Balaban J connectivity index is 2.24. The highest BCUT2D eigenvalue weighted by Crippen LogP contribution is 2.21. The summed E-state index contributed by atoms with van der Waals surface area (Å²) in [7, 11) is 1.81. The smallest absolute Gasteiger partial charge is 0.172 e. The minimum Gasteiger partial charge on any atom is -0.486 e. The third-order valence-corrected chi connectivity index (χ3v) is 3.13. The van der Waals surface area contributed by atoms with Gasteiger partial charge < -0.3 is 15.5 Å². The molecular formula is C16H17N3O2. The SMILES string of the molecule is CNc1cccc(COc2ccc(C)nc2C=O)c1C=N. The van der Waals surface area contributed by atoms with Gasteiger partial charge >= 0.3 is 0 Å². The molecule has 2 N–H and O–H groups in total. The number of rotatable bonds is 6. The molecule has 2 rings (SSSR count). The van der Waals surface area contributed by atoms with Crippen LogP contribution in [0.2, 0.25) is 0 Å². The van der Waals surface area contributed by atoms with Crippen molar-refractivity contribution in [2.24, 2.45) is 0 Å². The molecule has 0 aliphatic heterocycles. The maximum absolute atomic E-state index is 11.0. The molecule has 0 aliphatic carbocycles. The summed E-state index contributed by atoms with van der Waals surface area (Å²) in [6, 6.07) is 9.21. The van der Waals surface area contributed by atoms with Gasteiger partial charge in [-0.05, 0) is 25.1 Å². The molecule has 0 atom stereocenters. The standard InChI is InChI=1S/C16H17N3O2/c1-11-6-7-16(15(9-20)19-11)21-10-12-4-3-5-14(18-2)13(12)8-17/h3-9,17-18H,10H2,1-2H3. The van der Waals surface area contributed by atoms with Gasteiger partial charge in [0.05, 0.1) is 0 Å². The van der Waals surface area contributed by atoms with Crippen LogP contribution >= 0.6 is 0 Å². The van der Waals surface area contributed by atoms with Crippen LogP contribution in [0.4, 0.5) is 5.69 Å². The molecule has 0 saturated heterocycles. The first-order valence-corrected chi connectivity index (χ1v) is 6.55. The van der Waals surface area contributed by atoms with E-state index in [1.54, 1.807) is 19.2 Å². The number of nitrogens with one attached hydrogen (secondary N) is 2. The van der Waals surface area contributed by atoms with Gasteiger partial charge in [-0.3, -0.25) is 4.79 Å². The van der Waals surface area contributed by atoms with Crippen LogP contribution in [0.15, 0.2) is 30.3 Å². The van der Waals surface area contributed by atoms with E-state index < -0.39 is 0 Å². The Morgan fingerprint density at radius 2 is 2.14 bits per heavy atom. The monoisotopic (exact) mass is 283 g/mol. The molecule has 0 saturated carbocycles. The van der Waals surface area contributed by atoms with Crippen molar-refractivity contribution in [2.45, 2.75) is 13.5 Å². The van der Waals surface area contributed by atoms with Crippen LogP contribution in [0.25, 0.3) is 0 Å². The van der Waals surface area contributed by atoms with Crippen LogP contribution in [0.3, 0.4) is 0 Å². The Morgan fingerprint density at radius 3 is 2.81 bits per heavy atom. The molecule has 2 aromatic rings. The third kappa shape index (κ3) is 3.25. The number of aldehydes is 1. The van der Waals surface area contributed by atoms with Gasteiger partial charge in [-0.25, -0.2) is 4.98 Å². The minimum absolute atomic E-state index is 0.270. The zero-order chi connectivity index (χ0) is 15.2. The topological polar surface area (TPSA) is 75.1 Å². The number of hydrogen-bond acceptors (Lipinski definition) is 5. The molecule has 108 valence electrons.